The van der Waals surface area contributed by atoms with E-state index in [0.717, 1.165) is 21.4 Å². The second-order valence-corrected chi connectivity index (χ2v) is 7.76. The molecule has 0 unspecified atom stereocenters. The Morgan fingerprint density at radius 3 is 2.64 bits per heavy atom. The summed E-state index contributed by atoms with van der Waals surface area (Å²) in [7, 11) is 0. The average molecular weight is 440 g/mol. The number of nitrogens with zero attached hydrogens (tertiary/aromatic N) is 5. The number of aromatic nitrogens is 5. The number of hydrogen-bond acceptors (Lipinski definition) is 6. The first-order valence-electron chi connectivity index (χ1n) is 10.3. The second-order valence-electron chi connectivity index (χ2n) is 7.76. The van der Waals surface area contributed by atoms with E-state index >= 15 is 0 Å². The SMILES string of the molecule is Cc1ccc(-c2noc(-c3cccn4c(=O)n(CC(=O)Nc5cccc(C)c5)nc34)n2)cc1. The maximum Gasteiger partial charge on any atom is 0.350 e. The molecule has 0 aliphatic heterocycles. The van der Waals surface area contributed by atoms with Crippen molar-refractivity contribution in [3.63, 3.8) is 0 Å². The standard InChI is InChI=1S/C24H20N6O3/c1-15-8-10-17(11-9-15)21-26-23(33-28-21)19-7-4-12-29-22(19)27-30(24(29)32)14-20(31)25-18-6-3-5-16(2)13-18/h3-13H,14H2,1-2H3,(H,25,31). The number of aryl methyl sites for hydroxylation is 2. The van der Waals surface area contributed by atoms with Crippen LogP contribution in [0.2, 0.25) is 0 Å². The zero-order chi connectivity index (χ0) is 22.9. The van der Waals surface area contributed by atoms with Crippen LogP contribution in [0.25, 0.3) is 28.5 Å². The summed E-state index contributed by atoms with van der Waals surface area (Å²) in [5, 5.41) is 11.2. The number of nitrogens with one attached hydrogen (secondary N) is 1. The van der Waals surface area contributed by atoms with E-state index in [1.807, 2.05) is 56.3 Å². The number of carbonyl (C=O) groups is 1. The van der Waals surface area contributed by atoms with Crippen molar-refractivity contribution in [1.82, 2.24) is 24.3 Å². The predicted octanol–water partition coefficient (Wildman–Crippen LogP) is 3.47. The number of fused-ring (bicyclic) bond motifs is 1. The molecule has 5 aromatic rings. The fourth-order valence-corrected chi connectivity index (χ4v) is 3.52. The lowest BCUT2D eigenvalue weighted by Gasteiger charge is -2.05. The largest absolute Gasteiger partial charge is 0.350 e. The molecule has 33 heavy (non-hydrogen) atoms. The number of pyridine rings is 1. The molecule has 2 aromatic carbocycles. The first-order chi connectivity index (χ1) is 16.0. The van der Waals surface area contributed by atoms with Crippen LogP contribution >= 0.6 is 0 Å². The summed E-state index contributed by atoms with van der Waals surface area (Å²) >= 11 is 0. The van der Waals surface area contributed by atoms with Crippen molar-refractivity contribution < 1.29 is 9.32 Å². The summed E-state index contributed by atoms with van der Waals surface area (Å²) in [6.07, 6.45) is 1.58. The van der Waals surface area contributed by atoms with Gasteiger partial charge in [0.25, 0.3) is 5.89 Å². The molecule has 0 radical (unpaired) electrons. The van der Waals surface area contributed by atoms with E-state index in [4.69, 9.17) is 4.52 Å². The van der Waals surface area contributed by atoms with Gasteiger partial charge >= 0.3 is 5.69 Å². The van der Waals surface area contributed by atoms with Gasteiger partial charge in [0, 0.05) is 17.4 Å². The molecule has 0 aliphatic carbocycles. The molecule has 0 saturated carbocycles. The van der Waals surface area contributed by atoms with Gasteiger partial charge in [0.15, 0.2) is 5.65 Å². The Balaban J connectivity index is 1.45. The summed E-state index contributed by atoms with van der Waals surface area (Å²) in [5.41, 5.74) is 4.01. The van der Waals surface area contributed by atoms with Crippen molar-refractivity contribution in [2.75, 3.05) is 5.32 Å². The lowest BCUT2D eigenvalue weighted by molar-refractivity contribution is -0.117. The van der Waals surface area contributed by atoms with Gasteiger partial charge < -0.3 is 9.84 Å². The van der Waals surface area contributed by atoms with Crippen molar-refractivity contribution in [1.29, 1.82) is 0 Å². The first-order valence-corrected chi connectivity index (χ1v) is 10.3. The lowest BCUT2D eigenvalue weighted by Crippen LogP contribution is -2.28. The normalized spacial score (nSPS) is 11.1. The second kappa shape index (κ2) is 8.19. The van der Waals surface area contributed by atoms with Crippen LogP contribution in [-0.4, -0.2) is 30.2 Å². The molecule has 0 bridgehead atoms. The molecule has 1 amide bonds. The molecule has 164 valence electrons. The number of hydrogen-bond donors (Lipinski definition) is 1. The van der Waals surface area contributed by atoms with E-state index in [1.54, 1.807) is 24.4 Å². The van der Waals surface area contributed by atoms with Crippen LogP contribution < -0.4 is 11.0 Å². The lowest BCUT2D eigenvalue weighted by atomic mass is 10.1. The summed E-state index contributed by atoms with van der Waals surface area (Å²) in [6.45, 7) is 3.71. The van der Waals surface area contributed by atoms with Crippen molar-refractivity contribution in [2.24, 2.45) is 0 Å². The first kappa shape index (κ1) is 20.4. The van der Waals surface area contributed by atoms with E-state index in [2.05, 4.69) is 20.6 Å². The molecule has 0 fully saturated rings. The van der Waals surface area contributed by atoms with Crippen molar-refractivity contribution in [3.8, 4) is 22.8 Å². The minimum Gasteiger partial charge on any atom is -0.333 e. The molecule has 9 heteroatoms. The van der Waals surface area contributed by atoms with Gasteiger partial charge in [-0.1, -0.05) is 47.1 Å². The molecule has 5 rings (SSSR count). The molecule has 3 heterocycles. The van der Waals surface area contributed by atoms with Gasteiger partial charge in [-0.25, -0.2) is 13.9 Å². The molecular formula is C24H20N6O3. The molecule has 0 aliphatic rings. The highest BCUT2D eigenvalue weighted by molar-refractivity contribution is 5.90. The number of amides is 1. The quantitative estimate of drug-likeness (QED) is 0.448. The Hall–Kier alpha value is -4.53. The van der Waals surface area contributed by atoms with Crippen LogP contribution in [0, 0.1) is 13.8 Å². The van der Waals surface area contributed by atoms with E-state index in [0.29, 0.717) is 22.7 Å². The Labute approximate surface area is 188 Å². The van der Waals surface area contributed by atoms with Gasteiger partial charge in [0.1, 0.15) is 6.54 Å². The summed E-state index contributed by atoms with van der Waals surface area (Å²) < 4.78 is 7.92. The van der Waals surface area contributed by atoms with Gasteiger partial charge in [-0.15, -0.1) is 5.10 Å². The summed E-state index contributed by atoms with van der Waals surface area (Å²) in [4.78, 5) is 29.8. The van der Waals surface area contributed by atoms with Crippen LogP contribution in [-0.2, 0) is 11.3 Å². The number of rotatable bonds is 5. The molecule has 0 spiro atoms. The Bertz CT molecular complexity index is 1530. The van der Waals surface area contributed by atoms with E-state index in [9.17, 15) is 9.59 Å². The van der Waals surface area contributed by atoms with Crippen LogP contribution in [0.4, 0.5) is 5.69 Å². The fraction of sp³-hybridized carbons (Fsp3) is 0.125. The van der Waals surface area contributed by atoms with Gasteiger partial charge in [-0.2, -0.15) is 4.98 Å². The zero-order valence-electron chi connectivity index (χ0n) is 18.0. The third-order valence-electron chi connectivity index (χ3n) is 5.17. The van der Waals surface area contributed by atoms with Crippen LogP contribution in [0.15, 0.2) is 76.2 Å². The maximum atomic E-state index is 12.8. The highest BCUT2D eigenvalue weighted by Crippen LogP contribution is 2.24. The minimum atomic E-state index is -0.440. The molecule has 3 aromatic heterocycles. The Morgan fingerprint density at radius 2 is 1.85 bits per heavy atom. The Morgan fingerprint density at radius 1 is 1.03 bits per heavy atom. The molecule has 0 atom stereocenters. The zero-order valence-corrected chi connectivity index (χ0v) is 18.0. The predicted molar refractivity (Wildman–Crippen MR) is 123 cm³/mol. The van der Waals surface area contributed by atoms with Gasteiger partial charge in [0.2, 0.25) is 11.7 Å². The van der Waals surface area contributed by atoms with Gasteiger partial charge in [0.05, 0.1) is 5.56 Å². The summed E-state index contributed by atoms with van der Waals surface area (Å²) in [5.74, 6) is 0.316. The third-order valence-corrected chi connectivity index (χ3v) is 5.17. The van der Waals surface area contributed by atoms with Crippen LogP contribution in [0.3, 0.4) is 0 Å². The van der Waals surface area contributed by atoms with Crippen molar-refractivity contribution >= 4 is 17.2 Å². The molecule has 9 nitrogen and oxygen atoms in total. The highest BCUT2D eigenvalue weighted by Gasteiger charge is 2.18. The maximum absolute atomic E-state index is 12.8. The van der Waals surface area contributed by atoms with Gasteiger partial charge in [-0.05, 0) is 43.7 Å². The molecular weight excluding hydrogens is 420 g/mol. The number of carbonyl (C=O) groups excluding carboxylic acids is 1. The fourth-order valence-electron chi connectivity index (χ4n) is 3.52. The van der Waals surface area contributed by atoms with E-state index in [1.165, 1.54) is 4.40 Å². The topological polar surface area (TPSA) is 107 Å². The Kier molecular flexibility index (Phi) is 5.06. The van der Waals surface area contributed by atoms with Crippen molar-refractivity contribution in [2.45, 2.75) is 20.4 Å². The number of benzene rings is 2. The number of anilines is 1. The van der Waals surface area contributed by atoms with Gasteiger partial charge in [-0.3, -0.25) is 4.79 Å². The molecule has 0 saturated heterocycles. The van der Waals surface area contributed by atoms with Crippen molar-refractivity contribution in [3.05, 3.63) is 88.5 Å². The summed E-state index contributed by atoms with van der Waals surface area (Å²) in [6, 6.07) is 18.6. The highest BCUT2D eigenvalue weighted by atomic mass is 16.5. The monoisotopic (exact) mass is 440 g/mol. The van der Waals surface area contributed by atoms with Crippen LogP contribution in [0.5, 0.6) is 0 Å². The van der Waals surface area contributed by atoms with E-state index in [-0.39, 0.29) is 18.3 Å². The minimum absolute atomic E-state index is 0.230. The van der Waals surface area contributed by atoms with Crippen LogP contribution in [0.1, 0.15) is 11.1 Å². The van der Waals surface area contributed by atoms with E-state index < -0.39 is 5.69 Å². The molecule has 1 N–H and O–H groups in total. The average Bonchev–Trinajstić information content (AvgIpc) is 3.40. The smallest absolute Gasteiger partial charge is 0.333 e. The third kappa shape index (κ3) is 4.03.